The first-order valence-electron chi connectivity index (χ1n) is 19.6. The Labute approximate surface area is 337 Å². The summed E-state index contributed by atoms with van der Waals surface area (Å²) in [6.45, 7) is 0. The van der Waals surface area contributed by atoms with Crippen LogP contribution in [0.1, 0.15) is 0 Å². The van der Waals surface area contributed by atoms with Crippen molar-refractivity contribution in [2.75, 3.05) is 10.0 Å². The topological polar surface area (TPSA) is 9.72 Å². The van der Waals surface area contributed by atoms with Gasteiger partial charge in [-0.2, -0.15) is 5.12 Å². The lowest BCUT2D eigenvalue weighted by Crippen LogP contribution is -2.78. The molecule has 0 radical (unpaired) electrons. The molecular formula is C52H41N3Si2. The molecule has 272 valence electrons. The van der Waals surface area contributed by atoms with Gasteiger partial charge in [0.05, 0.1) is 17.1 Å². The fourth-order valence-electron chi connectivity index (χ4n) is 9.25. The summed E-state index contributed by atoms with van der Waals surface area (Å²) in [5, 5.41) is 17.7. The Morgan fingerprint density at radius 2 is 0.596 bits per heavy atom. The molecule has 5 heteroatoms. The number of para-hydroxylation sites is 2. The number of anilines is 3. The average molecular weight is 764 g/mol. The zero-order valence-electron chi connectivity index (χ0n) is 31.5. The van der Waals surface area contributed by atoms with Gasteiger partial charge in [-0.05, 0) is 77.9 Å². The van der Waals surface area contributed by atoms with Gasteiger partial charge in [-0.3, -0.25) is 0 Å². The Bertz CT molecular complexity index is 2350. The van der Waals surface area contributed by atoms with Crippen LogP contribution in [0.25, 0.3) is 0 Å². The fourth-order valence-corrected chi connectivity index (χ4v) is 19.0. The first-order valence-corrected chi connectivity index (χ1v) is 23.6. The maximum atomic E-state index is 2.62. The van der Waals surface area contributed by atoms with Crippen LogP contribution in [0.3, 0.4) is 0 Å². The van der Waals surface area contributed by atoms with Gasteiger partial charge in [0.15, 0.2) is 16.1 Å². The number of allylic oxidation sites excluding steroid dienone is 2. The number of fused-ring (bicyclic) bond motifs is 3. The van der Waals surface area contributed by atoms with Crippen LogP contribution < -0.4 is 51.5 Å². The predicted octanol–water partition coefficient (Wildman–Crippen LogP) is 6.57. The second kappa shape index (κ2) is 14.6. The molecule has 2 heterocycles. The summed E-state index contributed by atoms with van der Waals surface area (Å²) in [7, 11) is -6.00. The van der Waals surface area contributed by atoms with Crippen LogP contribution in [0.2, 0.25) is 0 Å². The second-order valence-electron chi connectivity index (χ2n) is 14.6. The average Bonchev–Trinajstić information content (AvgIpc) is 3.64. The number of nitrogens with zero attached hydrogens (tertiary/aromatic N) is 3. The van der Waals surface area contributed by atoms with Crippen LogP contribution >= 0.6 is 0 Å². The molecule has 0 bridgehead atoms. The number of rotatable bonds is 9. The molecule has 0 saturated heterocycles. The van der Waals surface area contributed by atoms with Gasteiger partial charge >= 0.3 is 0 Å². The van der Waals surface area contributed by atoms with Crippen molar-refractivity contribution in [1.82, 2.24) is 5.12 Å². The molecule has 2 aliphatic heterocycles. The van der Waals surface area contributed by atoms with Crippen molar-refractivity contribution in [3.63, 3.8) is 0 Å². The van der Waals surface area contributed by atoms with E-state index < -0.39 is 16.1 Å². The second-order valence-corrected chi connectivity index (χ2v) is 22.2. The first kappa shape index (κ1) is 34.6. The molecule has 0 spiro atoms. The molecule has 0 saturated carbocycles. The Hall–Kier alpha value is -6.93. The fraction of sp³-hybridized carbons (Fsp3) is 0. The summed E-state index contributed by atoms with van der Waals surface area (Å²) in [5.74, 6) is 0. The van der Waals surface area contributed by atoms with Gasteiger partial charge < -0.3 is 0 Å². The predicted molar refractivity (Wildman–Crippen MR) is 245 cm³/mol. The smallest absolute Gasteiger partial charge is 0.179 e. The molecule has 0 N–H and O–H groups in total. The molecule has 8 aromatic carbocycles. The third-order valence-corrected chi connectivity index (χ3v) is 21.1. The highest BCUT2D eigenvalue weighted by Crippen LogP contribution is 2.44. The summed E-state index contributed by atoms with van der Waals surface area (Å²) in [6, 6.07) is 84.1. The lowest BCUT2D eigenvalue weighted by molar-refractivity contribution is 0.408. The minimum Gasteiger partial charge on any atom is -0.240 e. The molecule has 57 heavy (non-hydrogen) atoms. The van der Waals surface area contributed by atoms with Crippen molar-refractivity contribution in [1.29, 1.82) is 0 Å². The van der Waals surface area contributed by atoms with E-state index in [9.17, 15) is 0 Å². The largest absolute Gasteiger partial charge is 0.240 e. The molecule has 0 aliphatic carbocycles. The van der Waals surface area contributed by atoms with Gasteiger partial charge in [-0.1, -0.05) is 200 Å². The maximum absolute atomic E-state index is 3.00. The number of hydrogen-bond donors (Lipinski definition) is 0. The van der Waals surface area contributed by atoms with Crippen LogP contribution in [-0.2, 0) is 0 Å². The van der Waals surface area contributed by atoms with Crippen molar-refractivity contribution in [3.8, 4) is 0 Å². The zero-order valence-corrected chi connectivity index (χ0v) is 33.5. The van der Waals surface area contributed by atoms with Gasteiger partial charge in [0.25, 0.3) is 0 Å². The van der Waals surface area contributed by atoms with E-state index in [0.29, 0.717) is 0 Å². The Kier molecular flexibility index (Phi) is 8.86. The molecule has 8 aromatic rings. The molecule has 0 unspecified atom stereocenters. The minimum atomic E-state index is -3.00. The molecule has 0 atom stereocenters. The molecule has 2 aliphatic rings. The van der Waals surface area contributed by atoms with Gasteiger partial charge in [-0.15, -0.1) is 0 Å². The summed E-state index contributed by atoms with van der Waals surface area (Å²) in [4.78, 5) is 0. The standard InChI is InChI=1S/C52H41N3Si2/c1-7-23-43(24-8-1)56(44-25-9-2-10-26-44,45-27-11-3-12-28-45)49-39-42(55-52-36-20-19-35-51(52)53-37-21-22-38-54(53)55)40-50(41-49)57(46-29-13-4-14-30-46,47-31-15-5-16-32-47)48-33-17-6-18-34-48/h1-41H. The minimum absolute atomic E-state index is 1.12. The van der Waals surface area contributed by atoms with Gasteiger partial charge in [0.2, 0.25) is 0 Å². The van der Waals surface area contributed by atoms with Crippen molar-refractivity contribution in [2.45, 2.75) is 0 Å². The van der Waals surface area contributed by atoms with Crippen LogP contribution in [0, 0.1) is 0 Å². The van der Waals surface area contributed by atoms with Crippen LogP contribution in [0.15, 0.2) is 249 Å². The Balaban J connectivity index is 1.39. The monoisotopic (exact) mass is 763 g/mol. The number of hydrazine groups is 2. The molecule has 10 rings (SSSR count). The highest BCUT2D eigenvalue weighted by molar-refractivity contribution is 7.22. The van der Waals surface area contributed by atoms with E-state index in [4.69, 9.17) is 0 Å². The van der Waals surface area contributed by atoms with E-state index in [1.807, 2.05) is 0 Å². The molecule has 0 amide bonds. The summed E-state index contributed by atoms with van der Waals surface area (Å²) < 4.78 is 0. The van der Waals surface area contributed by atoms with E-state index in [-0.39, 0.29) is 0 Å². The lowest BCUT2D eigenvalue weighted by atomic mass is 10.2. The third kappa shape index (κ3) is 5.62. The van der Waals surface area contributed by atoms with Crippen molar-refractivity contribution in [2.24, 2.45) is 0 Å². The molecular weight excluding hydrogens is 723 g/mol. The van der Waals surface area contributed by atoms with Crippen LogP contribution in [0.4, 0.5) is 17.1 Å². The van der Waals surface area contributed by atoms with Gasteiger partial charge in [0, 0.05) is 12.4 Å². The van der Waals surface area contributed by atoms with E-state index in [1.165, 1.54) is 41.5 Å². The quantitative estimate of drug-likeness (QED) is 0.122. The van der Waals surface area contributed by atoms with Crippen molar-refractivity contribution in [3.05, 3.63) is 249 Å². The first-order chi connectivity index (χ1) is 28.3. The number of hydrogen-bond acceptors (Lipinski definition) is 3. The van der Waals surface area contributed by atoms with Gasteiger partial charge in [-0.25, -0.2) is 10.0 Å². The maximum Gasteiger partial charge on any atom is 0.179 e. The third-order valence-electron chi connectivity index (χ3n) is 11.6. The van der Waals surface area contributed by atoms with Crippen molar-refractivity contribution >= 4 is 74.7 Å². The van der Waals surface area contributed by atoms with Crippen LogP contribution in [0.5, 0.6) is 0 Å². The van der Waals surface area contributed by atoms with E-state index in [2.05, 4.69) is 264 Å². The van der Waals surface area contributed by atoms with Crippen LogP contribution in [-0.4, -0.2) is 21.3 Å². The number of benzene rings is 8. The Morgan fingerprint density at radius 1 is 0.281 bits per heavy atom. The zero-order chi connectivity index (χ0) is 38.1. The molecule has 0 fully saturated rings. The summed E-state index contributed by atoms with van der Waals surface area (Å²) >= 11 is 0. The van der Waals surface area contributed by atoms with E-state index in [1.54, 1.807) is 0 Å². The van der Waals surface area contributed by atoms with Gasteiger partial charge in [0.1, 0.15) is 0 Å². The highest BCUT2D eigenvalue weighted by Gasteiger charge is 2.47. The summed E-state index contributed by atoms with van der Waals surface area (Å²) in [6.07, 6.45) is 8.54. The molecule has 3 nitrogen and oxygen atoms in total. The Morgan fingerprint density at radius 3 is 0.965 bits per heavy atom. The highest BCUT2D eigenvalue weighted by atomic mass is 28.3. The van der Waals surface area contributed by atoms with Crippen molar-refractivity contribution < 1.29 is 0 Å². The lowest BCUT2D eigenvalue weighted by Gasteiger charge is -2.40. The van der Waals surface area contributed by atoms with E-state index >= 15 is 0 Å². The molecule has 0 aromatic heterocycles. The normalized spacial score (nSPS) is 13.4. The van der Waals surface area contributed by atoms with E-state index in [0.717, 1.165) is 17.1 Å². The SMILES string of the molecule is C1=CN2c3ccccc3N(c3cc([Si](c4ccccc4)(c4ccccc4)c4ccccc4)cc([Si](c4ccccc4)(c4ccccc4)c4ccccc4)c3)N2C=C1. The summed E-state index contributed by atoms with van der Waals surface area (Å²) in [5.41, 5.74) is 3.40.